The van der Waals surface area contributed by atoms with Gasteiger partial charge in [-0.15, -0.1) is 0 Å². The largest absolute Gasteiger partial charge is 0.493 e. The van der Waals surface area contributed by atoms with E-state index in [2.05, 4.69) is 5.32 Å². The number of amides is 2. The van der Waals surface area contributed by atoms with Gasteiger partial charge in [0.1, 0.15) is 0 Å². The molecule has 2 aromatic carbocycles. The SMILES string of the molecule is COc1ccc(C(=O)NCCC(=O)c2ccc3c(c2)CC(=O)N3C)cc1OC. The molecule has 2 amide bonds. The predicted molar refractivity (Wildman–Crippen MR) is 104 cm³/mol. The van der Waals surface area contributed by atoms with Crippen LogP contribution < -0.4 is 19.7 Å². The zero-order valence-corrected chi connectivity index (χ0v) is 16.1. The highest BCUT2D eigenvalue weighted by Gasteiger charge is 2.24. The summed E-state index contributed by atoms with van der Waals surface area (Å²) in [6.07, 6.45) is 0.477. The number of Topliss-reactive ketones (excluding diaryl/α,β-unsaturated/α-hetero) is 1. The maximum atomic E-state index is 12.4. The first kappa shape index (κ1) is 19.4. The zero-order valence-electron chi connectivity index (χ0n) is 16.1. The van der Waals surface area contributed by atoms with Crippen LogP contribution in [0, 0.1) is 0 Å². The molecule has 0 bridgehead atoms. The summed E-state index contributed by atoms with van der Waals surface area (Å²) in [5.41, 5.74) is 2.66. The lowest BCUT2D eigenvalue weighted by atomic mass is 10.0. The molecule has 1 aliphatic rings. The van der Waals surface area contributed by atoms with Crippen molar-refractivity contribution < 1.29 is 23.9 Å². The van der Waals surface area contributed by atoms with E-state index in [1.54, 1.807) is 48.3 Å². The minimum atomic E-state index is -0.296. The molecule has 1 aliphatic heterocycles. The first-order valence-electron chi connectivity index (χ1n) is 8.87. The minimum absolute atomic E-state index is 0.0155. The molecule has 2 aromatic rings. The van der Waals surface area contributed by atoms with Crippen molar-refractivity contribution in [2.45, 2.75) is 12.8 Å². The summed E-state index contributed by atoms with van der Waals surface area (Å²) in [6, 6.07) is 10.1. The van der Waals surface area contributed by atoms with Crippen LogP contribution >= 0.6 is 0 Å². The van der Waals surface area contributed by atoms with Gasteiger partial charge in [0.05, 0.1) is 20.6 Å². The van der Waals surface area contributed by atoms with Crippen LogP contribution in [0.25, 0.3) is 0 Å². The zero-order chi connectivity index (χ0) is 20.3. The highest BCUT2D eigenvalue weighted by Crippen LogP contribution is 2.29. The van der Waals surface area contributed by atoms with Crippen molar-refractivity contribution in [3.63, 3.8) is 0 Å². The Bertz CT molecular complexity index is 938. The van der Waals surface area contributed by atoms with Gasteiger partial charge in [0.2, 0.25) is 5.91 Å². The average Bonchev–Trinajstić information content (AvgIpc) is 3.00. The Morgan fingerprint density at radius 2 is 1.75 bits per heavy atom. The Morgan fingerprint density at radius 1 is 1.04 bits per heavy atom. The molecule has 1 heterocycles. The van der Waals surface area contributed by atoms with E-state index in [9.17, 15) is 14.4 Å². The van der Waals surface area contributed by atoms with E-state index in [1.165, 1.54) is 14.2 Å². The van der Waals surface area contributed by atoms with E-state index >= 15 is 0 Å². The smallest absolute Gasteiger partial charge is 0.251 e. The molecule has 0 spiro atoms. The van der Waals surface area contributed by atoms with Crippen LogP contribution in [0.1, 0.15) is 32.7 Å². The van der Waals surface area contributed by atoms with Crippen LogP contribution in [-0.2, 0) is 11.2 Å². The highest BCUT2D eigenvalue weighted by molar-refractivity contribution is 6.03. The van der Waals surface area contributed by atoms with E-state index in [0.717, 1.165) is 11.3 Å². The van der Waals surface area contributed by atoms with Crippen LogP contribution in [0.2, 0.25) is 0 Å². The number of anilines is 1. The molecule has 7 heteroatoms. The van der Waals surface area contributed by atoms with Gasteiger partial charge in [0, 0.05) is 36.8 Å². The summed E-state index contributed by atoms with van der Waals surface area (Å²) in [5, 5.41) is 2.74. The van der Waals surface area contributed by atoms with E-state index < -0.39 is 0 Å². The van der Waals surface area contributed by atoms with Crippen LogP contribution in [-0.4, -0.2) is 45.4 Å². The van der Waals surface area contributed by atoms with Crippen molar-refractivity contribution in [1.29, 1.82) is 0 Å². The van der Waals surface area contributed by atoms with Gasteiger partial charge < -0.3 is 19.7 Å². The summed E-state index contributed by atoms with van der Waals surface area (Å²) < 4.78 is 10.3. The van der Waals surface area contributed by atoms with Crippen molar-refractivity contribution in [2.75, 3.05) is 32.7 Å². The van der Waals surface area contributed by atoms with Crippen molar-refractivity contribution >= 4 is 23.3 Å². The molecule has 0 radical (unpaired) electrons. The molecule has 1 N–H and O–H groups in total. The van der Waals surface area contributed by atoms with Crippen molar-refractivity contribution in [3.8, 4) is 11.5 Å². The third-order valence-electron chi connectivity index (χ3n) is 4.76. The maximum Gasteiger partial charge on any atom is 0.251 e. The van der Waals surface area contributed by atoms with Crippen LogP contribution in [0.5, 0.6) is 11.5 Å². The number of nitrogens with zero attached hydrogens (tertiary/aromatic N) is 1. The Morgan fingerprint density at radius 3 is 2.46 bits per heavy atom. The fourth-order valence-electron chi connectivity index (χ4n) is 3.16. The summed E-state index contributed by atoms with van der Waals surface area (Å²) in [7, 11) is 4.75. The molecule has 0 atom stereocenters. The van der Waals surface area contributed by atoms with E-state index in [1.807, 2.05) is 0 Å². The highest BCUT2D eigenvalue weighted by atomic mass is 16.5. The van der Waals surface area contributed by atoms with Crippen molar-refractivity contribution in [2.24, 2.45) is 0 Å². The van der Waals surface area contributed by atoms with Gasteiger partial charge in [-0.25, -0.2) is 0 Å². The second kappa shape index (κ2) is 8.12. The number of fused-ring (bicyclic) bond motifs is 1. The maximum absolute atomic E-state index is 12.4. The number of hydrogen-bond acceptors (Lipinski definition) is 5. The lowest BCUT2D eigenvalue weighted by Gasteiger charge is -2.11. The van der Waals surface area contributed by atoms with Gasteiger partial charge in [-0.3, -0.25) is 14.4 Å². The molecule has 0 fully saturated rings. The monoisotopic (exact) mass is 382 g/mol. The average molecular weight is 382 g/mol. The molecule has 0 aliphatic carbocycles. The van der Waals surface area contributed by atoms with E-state index in [0.29, 0.717) is 29.0 Å². The summed E-state index contributed by atoms with van der Waals surface area (Å²) >= 11 is 0. The van der Waals surface area contributed by atoms with Gasteiger partial charge in [0.15, 0.2) is 17.3 Å². The van der Waals surface area contributed by atoms with Gasteiger partial charge in [0.25, 0.3) is 5.91 Å². The Kier molecular flexibility index (Phi) is 5.63. The number of nitrogens with one attached hydrogen (secondary N) is 1. The number of rotatable bonds is 7. The molecule has 0 unspecified atom stereocenters. The lowest BCUT2D eigenvalue weighted by molar-refractivity contribution is -0.117. The minimum Gasteiger partial charge on any atom is -0.493 e. The summed E-state index contributed by atoms with van der Waals surface area (Å²) in [6.45, 7) is 0.210. The van der Waals surface area contributed by atoms with Gasteiger partial charge in [-0.1, -0.05) is 0 Å². The van der Waals surface area contributed by atoms with Crippen molar-refractivity contribution in [1.82, 2.24) is 5.32 Å². The molecular weight excluding hydrogens is 360 g/mol. The number of carbonyl (C=O) groups is 3. The molecule has 3 rings (SSSR count). The van der Waals surface area contributed by atoms with Crippen LogP contribution in [0.3, 0.4) is 0 Å². The summed E-state index contributed by atoms with van der Waals surface area (Å²) in [5.74, 6) is 0.632. The van der Waals surface area contributed by atoms with Crippen molar-refractivity contribution in [3.05, 3.63) is 53.1 Å². The topological polar surface area (TPSA) is 84.9 Å². The third-order valence-corrected chi connectivity index (χ3v) is 4.76. The first-order valence-corrected chi connectivity index (χ1v) is 8.87. The number of likely N-dealkylation sites (N-methyl/N-ethyl adjacent to an activating group) is 1. The van der Waals surface area contributed by atoms with Crippen LogP contribution in [0.15, 0.2) is 36.4 Å². The fraction of sp³-hybridized carbons (Fsp3) is 0.286. The molecule has 28 heavy (non-hydrogen) atoms. The second-order valence-electron chi connectivity index (χ2n) is 6.47. The lowest BCUT2D eigenvalue weighted by Crippen LogP contribution is -2.26. The molecule has 7 nitrogen and oxygen atoms in total. The number of ether oxygens (including phenoxy) is 2. The summed E-state index contributed by atoms with van der Waals surface area (Å²) in [4.78, 5) is 38.1. The Labute approximate surface area is 163 Å². The van der Waals surface area contributed by atoms with Gasteiger partial charge in [-0.05, 0) is 42.0 Å². The number of hydrogen-bond donors (Lipinski definition) is 1. The predicted octanol–water partition coefficient (Wildman–Crippen LogP) is 2.23. The van der Waals surface area contributed by atoms with E-state index in [-0.39, 0.29) is 30.6 Å². The third kappa shape index (κ3) is 3.83. The quantitative estimate of drug-likeness (QED) is 0.743. The number of carbonyl (C=O) groups excluding carboxylic acids is 3. The number of ketones is 1. The first-order chi connectivity index (χ1) is 13.4. The normalized spacial score (nSPS) is 12.5. The standard InChI is InChI=1S/C21H22N2O5/c1-23-16-6-4-13(10-15(16)12-20(23)25)17(24)8-9-22-21(26)14-5-7-18(27-2)19(11-14)28-3/h4-7,10-11H,8-9,12H2,1-3H3,(H,22,26). The Hall–Kier alpha value is -3.35. The molecular formula is C21H22N2O5. The van der Waals surface area contributed by atoms with Crippen LogP contribution in [0.4, 0.5) is 5.69 Å². The number of methoxy groups -OCH3 is 2. The Balaban J connectivity index is 1.58. The van der Waals surface area contributed by atoms with Gasteiger partial charge in [-0.2, -0.15) is 0 Å². The molecule has 0 aromatic heterocycles. The second-order valence-corrected chi connectivity index (χ2v) is 6.47. The number of benzene rings is 2. The molecule has 0 saturated heterocycles. The van der Waals surface area contributed by atoms with E-state index in [4.69, 9.17) is 9.47 Å². The molecule has 0 saturated carbocycles. The fourth-order valence-corrected chi connectivity index (χ4v) is 3.16. The molecule has 146 valence electrons. The van der Waals surface area contributed by atoms with Gasteiger partial charge >= 0.3 is 0 Å².